The van der Waals surface area contributed by atoms with Crippen molar-refractivity contribution in [2.75, 3.05) is 0 Å². The molecule has 0 bridgehead atoms. The Balaban J connectivity index is 2.97. The number of hydrogen-bond acceptors (Lipinski definition) is 2. The zero-order valence-electron chi connectivity index (χ0n) is 5.86. The van der Waals surface area contributed by atoms with Crippen molar-refractivity contribution in [3.8, 4) is 0 Å². The van der Waals surface area contributed by atoms with Gasteiger partial charge in [-0.3, -0.25) is 4.79 Å². The van der Waals surface area contributed by atoms with Crippen LogP contribution in [0.2, 0.25) is 5.02 Å². The van der Waals surface area contributed by atoms with Crippen molar-refractivity contribution in [2.24, 2.45) is 0 Å². The highest BCUT2D eigenvalue weighted by molar-refractivity contribution is 9.11. The van der Waals surface area contributed by atoms with Crippen LogP contribution in [-0.4, -0.2) is 5.78 Å². The first-order valence-electron chi connectivity index (χ1n) is 3.13. The fraction of sp³-hybridized carbons (Fsp3) is 0.286. The summed E-state index contributed by atoms with van der Waals surface area (Å²) in [5.74, 6) is 0.141. The molecule has 1 heterocycles. The minimum atomic E-state index is 0.141. The van der Waals surface area contributed by atoms with Crippen molar-refractivity contribution in [1.82, 2.24) is 0 Å². The molecule has 1 aromatic rings. The molecule has 1 nitrogen and oxygen atoms in total. The lowest BCUT2D eigenvalue weighted by molar-refractivity contribution is 0.0992. The summed E-state index contributed by atoms with van der Waals surface area (Å²) in [6, 6.07) is 1.70. The van der Waals surface area contributed by atoms with Gasteiger partial charge in [0.05, 0.1) is 13.7 Å². The molecule has 0 amide bonds. The lowest BCUT2D eigenvalue weighted by Gasteiger charge is -1.86. The van der Waals surface area contributed by atoms with Crippen LogP contribution in [0.15, 0.2) is 9.85 Å². The maximum atomic E-state index is 11.1. The largest absolute Gasteiger partial charge is 0.293 e. The number of carbonyl (C=O) groups is 1. The number of thiophene rings is 1. The number of halogens is 2. The number of Topliss-reactive ketones (excluding diaryl/α,β-unsaturated/α-hetero) is 1. The number of carbonyl (C=O) groups excluding carboxylic acids is 1. The summed E-state index contributed by atoms with van der Waals surface area (Å²) in [5, 5.41) is 0.617. The normalized spacial score (nSPS) is 10.1. The summed E-state index contributed by atoms with van der Waals surface area (Å²) in [6.07, 6.45) is 0.531. The van der Waals surface area contributed by atoms with E-state index in [4.69, 9.17) is 11.6 Å². The van der Waals surface area contributed by atoms with E-state index in [0.717, 1.165) is 8.66 Å². The van der Waals surface area contributed by atoms with Crippen LogP contribution in [0.4, 0.5) is 0 Å². The first-order valence-corrected chi connectivity index (χ1v) is 5.12. The molecule has 1 aromatic heterocycles. The van der Waals surface area contributed by atoms with Crippen LogP contribution in [0, 0.1) is 0 Å². The Morgan fingerprint density at radius 1 is 1.82 bits per heavy atom. The van der Waals surface area contributed by atoms with Crippen molar-refractivity contribution in [3.63, 3.8) is 0 Å². The van der Waals surface area contributed by atoms with Crippen molar-refractivity contribution in [3.05, 3.63) is 19.8 Å². The Kier molecular flexibility index (Phi) is 3.10. The summed E-state index contributed by atoms with van der Waals surface area (Å²) in [5.41, 5.74) is 0. The zero-order chi connectivity index (χ0) is 8.43. The summed E-state index contributed by atoms with van der Waals surface area (Å²) in [7, 11) is 0. The molecule has 4 heteroatoms. The third-order valence-electron chi connectivity index (χ3n) is 1.24. The zero-order valence-corrected chi connectivity index (χ0v) is 9.02. The molecule has 0 spiro atoms. The molecule has 0 aliphatic rings. The predicted octanol–water partition coefficient (Wildman–Crippen LogP) is 3.76. The van der Waals surface area contributed by atoms with Gasteiger partial charge in [0.25, 0.3) is 0 Å². The van der Waals surface area contributed by atoms with Gasteiger partial charge in [-0.15, -0.1) is 11.3 Å². The fourth-order valence-electron chi connectivity index (χ4n) is 0.658. The average molecular weight is 254 g/mol. The maximum Gasteiger partial charge on any atom is 0.172 e. The van der Waals surface area contributed by atoms with Crippen molar-refractivity contribution in [1.29, 1.82) is 0 Å². The third-order valence-corrected chi connectivity index (χ3v) is 3.76. The highest BCUT2D eigenvalue weighted by Gasteiger charge is 2.09. The van der Waals surface area contributed by atoms with Gasteiger partial charge in [-0.2, -0.15) is 0 Å². The van der Waals surface area contributed by atoms with E-state index in [1.807, 2.05) is 6.92 Å². The van der Waals surface area contributed by atoms with Gasteiger partial charge in [0.2, 0.25) is 0 Å². The number of rotatable bonds is 2. The molecular weight excluding hydrogens is 248 g/mol. The third kappa shape index (κ3) is 2.04. The lowest BCUT2D eigenvalue weighted by atomic mass is 10.3. The van der Waals surface area contributed by atoms with E-state index in [2.05, 4.69) is 15.9 Å². The molecule has 0 radical (unpaired) electrons. The SMILES string of the molecule is CCC(=O)c1cc(Cl)c(Br)s1. The molecule has 1 rings (SSSR count). The van der Waals surface area contributed by atoms with Gasteiger partial charge in [0.15, 0.2) is 5.78 Å². The van der Waals surface area contributed by atoms with Gasteiger partial charge >= 0.3 is 0 Å². The highest BCUT2D eigenvalue weighted by Crippen LogP contribution is 2.32. The molecule has 0 aliphatic carbocycles. The first kappa shape index (κ1) is 9.23. The molecule has 0 aliphatic heterocycles. The van der Waals surface area contributed by atoms with Crippen LogP contribution in [0.1, 0.15) is 23.0 Å². The maximum absolute atomic E-state index is 11.1. The van der Waals surface area contributed by atoms with Crippen molar-refractivity contribution >= 4 is 44.7 Å². The number of hydrogen-bond donors (Lipinski definition) is 0. The summed E-state index contributed by atoms with van der Waals surface area (Å²) < 4.78 is 0.830. The van der Waals surface area contributed by atoms with Gasteiger partial charge in [-0.05, 0) is 22.0 Å². The summed E-state index contributed by atoms with van der Waals surface area (Å²) >= 11 is 10.4. The molecule has 0 N–H and O–H groups in total. The van der Waals surface area contributed by atoms with Crippen molar-refractivity contribution in [2.45, 2.75) is 13.3 Å². The van der Waals surface area contributed by atoms with Crippen LogP contribution >= 0.6 is 38.9 Å². The van der Waals surface area contributed by atoms with Gasteiger partial charge in [0.1, 0.15) is 0 Å². The minimum absolute atomic E-state index is 0.141. The van der Waals surface area contributed by atoms with Gasteiger partial charge in [0, 0.05) is 6.42 Å². The van der Waals surface area contributed by atoms with E-state index >= 15 is 0 Å². The van der Waals surface area contributed by atoms with Gasteiger partial charge in [-0.25, -0.2) is 0 Å². The van der Waals surface area contributed by atoms with Crippen LogP contribution in [0.5, 0.6) is 0 Å². The van der Waals surface area contributed by atoms with E-state index in [0.29, 0.717) is 11.4 Å². The second-order valence-electron chi connectivity index (χ2n) is 2.01. The monoisotopic (exact) mass is 252 g/mol. The first-order chi connectivity index (χ1) is 5.15. The Bertz CT molecular complexity index is 262. The topological polar surface area (TPSA) is 17.1 Å². The molecule has 0 saturated carbocycles. The Labute approximate surface area is 82.5 Å². The second-order valence-corrected chi connectivity index (χ2v) is 4.79. The van der Waals surface area contributed by atoms with Crippen LogP contribution in [0.3, 0.4) is 0 Å². The molecule has 11 heavy (non-hydrogen) atoms. The second kappa shape index (κ2) is 3.70. The Morgan fingerprint density at radius 3 is 2.82 bits per heavy atom. The molecular formula is C7H6BrClOS. The van der Waals surface area contributed by atoms with E-state index < -0.39 is 0 Å². The van der Waals surface area contributed by atoms with Gasteiger partial charge < -0.3 is 0 Å². The average Bonchev–Trinajstić information content (AvgIpc) is 2.31. The predicted molar refractivity (Wildman–Crippen MR) is 51.7 cm³/mol. The van der Waals surface area contributed by atoms with Crippen LogP contribution in [0.25, 0.3) is 0 Å². The quantitative estimate of drug-likeness (QED) is 0.734. The molecule has 60 valence electrons. The summed E-state index contributed by atoms with van der Waals surface area (Å²) in [6.45, 7) is 1.84. The molecule has 0 unspecified atom stereocenters. The molecule has 0 fully saturated rings. The summed E-state index contributed by atoms with van der Waals surface area (Å²) in [4.78, 5) is 11.8. The Hall–Kier alpha value is 0.140. The molecule has 0 aromatic carbocycles. The molecule has 0 saturated heterocycles. The van der Waals surface area contributed by atoms with E-state index in [9.17, 15) is 4.79 Å². The van der Waals surface area contributed by atoms with Crippen LogP contribution in [-0.2, 0) is 0 Å². The van der Waals surface area contributed by atoms with E-state index in [1.54, 1.807) is 6.07 Å². The van der Waals surface area contributed by atoms with Crippen LogP contribution < -0.4 is 0 Å². The fourth-order valence-corrected chi connectivity index (χ4v) is 2.37. The van der Waals surface area contributed by atoms with E-state index in [-0.39, 0.29) is 5.78 Å². The highest BCUT2D eigenvalue weighted by atomic mass is 79.9. The number of ketones is 1. The minimum Gasteiger partial charge on any atom is -0.293 e. The van der Waals surface area contributed by atoms with Crippen molar-refractivity contribution < 1.29 is 4.79 Å². The Morgan fingerprint density at radius 2 is 2.45 bits per heavy atom. The standard InChI is InChI=1S/C7H6BrClOS/c1-2-5(10)6-3-4(9)7(8)11-6/h3H,2H2,1H3. The van der Waals surface area contributed by atoms with E-state index in [1.165, 1.54) is 11.3 Å². The smallest absolute Gasteiger partial charge is 0.172 e. The lowest BCUT2D eigenvalue weighted by Crippen LogP contribution is -1.90. The molecule has 0 atom stereocenters. The van der Waals surface area contributed by atoms with Gasteiger partial charge in [-0.1, -0.05) is 18.5 Å².